The second-order valence-electron chi connectivity index (χ2n) is 6.30. The largest absolute Gasteiger partial charge is 0.383 e. The van der Waals surface area contributed by atoms with E-state index < -0.39 is 5.60 Å². The van der Waals surface area contributed by atoms with Gasteiger partial charge in [0, 0.05) is 24.8 Å². The van der Waals surface area contributed by atoms with Gasteiger partial charge in [-0.1, -0.05) is 12.1 Å². The van der Waals surface area contributed by atoms with Crippen molar-refractivity contribution in [2.45, 2.75) is 43.4 Å². The highest BCUT2D eigenvalue weighted by molar-refractivity contribution is 5.78. The average molecular weight is 301 g/mol. The van der Waals surface area contributed by atoms with E-state index in [0.29, 0.717) is 25.9 Å². The number of aromatic nitrogens is 1. The quantitative estimate of drug-likeness (QED) is 0.802. The van der Waals surface area contributed by atoms with Gasteiger partial charge in [-0.25, -0.2) is 0 Å². The Morgan fingerprint density at radius 3 is 2.77 bits per heavy atom. The van der Waals surface area contributed by atoms with E-state index in [2.05, 4.69) is 21.8 Å². The first-order valence-electron chi connectivity index (χ1n) is 7.89. The molecular weight excluding hydrogens is 278 g/mol. The van der Waals surface area contributed by atoms with Crippen molar-refractivity contribution < 1.29 is 9.90 Å². The molecule has 1 aromatic heterocycles. The number of carbonyl (C=O) groups excluding carboxylic acids is 1. The Morgan fingerprint density at radius 2 is 2.18 bits per heavy atom. The first-order valence-corrected chi connectivity index (χ1v) is 7.89. The number of amides is 1. The molecule has 2 fully saturated rings. The molecule has 22 heavy (non-hydrogen) atoms. The third-order valence-electron chi connectivity index (χ3n) is 4.83. The van der Waals surface area contributed by atoms with Crippen LogP contribution in [0.1, 0.15) is 31.4 Å². The van der Waals surface area contributed by atoms with Crippen LogP contribution in [0.25, 0.3) is 0 Å². The van der Waals surface area contributed by atoms with Crippen LogP contribution in [0.15, 0.2) is 37.1 Å². The molecule has 2 N–H and O–H groups in total. The monoisotopic (exact) mass is 301 g/mol. The van der Waals surface area contributed by atoms with Gasteiger partial charge < -0.3 is 10.4 Å². The van der Waals surface area contributed by atoms with Gasteiger partial charge in [0.2, 0.25) is 5.91 Å². The summed E-state index contributed by atoms with van der Waals surface area (Å²) >= 11 is 0. The molecule has 0 radical (unpaired) electrons. The van der Waals surface area contributed by atoms with Crippen LogP contribution >= 0.6 is 0 Å². The number of pyridine rings is 1. The zero-order valence-corrected chi connectivity index (χ0v) is 12.7. The number of aliphatic hydroxyl groups is 1. The number of hydrogen-bond acceptors (Lipinski definition) is 4. The van der Waals surface area contributed by atoms with Crippen LogP contribution < -0.4 is 5.32 Å². The SMILES string of the molecule is C=CCNC(=O)CN1[C@@H]2CC[C@H]1CC(O)(c1ccccn1)C2. The van der Waals surface area contributed by atoms with E-state index in [1.165, 1.54) is 0 Å². The summed E-state index contributed by atoms with van der Waals surface area (Å²) in [7, 11) is 0. The summed E-state index contributed by atoms with van der Waals surface area (Å²) in [6, 6.07) is 6.17. The van der Waals surface area contributed by atoms with E-state index in [4.69, 9.17) is 0 Å². The number of nitrogens with zero attached hydrogens (tertiary/aromatic N) is 2. The number of nitrogens with one attached hydrogen (secondary N) is 1. The number of hydrogen-bond donors (Lipinski definition) is 2. The highest BCUT2D eigenvalue weighted by atomic mass is 16.3. The number of piperidine rings is 1. The van der Waals surface area contributed by atoms with E-state index in [9.17, 15) is 9.90 Å². The third kappa shape index (κ3) is 2.91. The molecule has 0 aliphatic carbocycles. The molecule has 5 nitrogen and oxygen atoms in total. The zero-order chi connectivity index (χ0) is 15.6. The number of rotatable bonds is 5. The van der Waals surface area contributed by atoms with E-state index in [1.54, 1.807) is 12.3 Å². The van der Waals surface area contributed by atoms with Gasteiger partial charge in [-0.3, -0.25) is 14.7 Å². The molecule has 1 amide bonds. The molecule has 2 aliphatic rings. The summed E-state index contributed by atoms with van der Waals surface area (Å²) in [5.41, 5.74) is -0.107. The Labute approximate surface area is 131 Å². The first kappa shape index (κ1) is 15.2. The summed E-state index contributed by atoms with van der Waals surface area (Å²) in [5, 5.41) is 13.8. The van der Waals surface area contributed by atoms with Crippen molar-refractivity contribution in [2.24, 2.45) is 0 Å². The van der Waals surface area contributed by atoms with Crippen molar-refractivity contribution in [3.05, 3.63) is 42.7 Å². The Bertz CT molecular complexity index is 532. The van der Waals surface area contributed by atoms with Crippen molar-refractivity contribution >= 4 is 5.91 Å². The third-order valence-corrected chi connectivity index (χ3v) is 4.83. The van der Waals surface area contributed by atoms with E-state index in [0.717, 1.165) is 18.5 Å². The van der Waals surface area contributed by atoms with Gasteiger partial charge in [0.05, 0.1) is 12.2 Å². The van der Waals surface area contributed by atoms with Crippen molar-refractivity contribution in [3.8, 4) is 0 Å². The van der Waals surface area contributed by atoms with Crippen molar-refractivity contribution in [2.75, 3.05) is 13.1 Å². The minimum absolute atomic E-state index is 0.0278. The van der Waals surface area contributed by atoms with Crippen LogP contribution in [0.5, 0.6) is 0 Å². The van der Waals surface area contributed by atoms with Gasteiger partial charge in [0.25, 0.3) is 0 Å². The molecule has 2 aliphatic heterocycles. The molecule has 0 saturated carbocycles. The van der Waals surface area contributed by atoms with Crippen molar-refractivity contribution in [1.29, 1.82) is 0 Å². The number of carbonyl (C=O) groups is 1. The fourth-order valence-corrected chi connectivity index (χ4v) is 3.83. The fourth-order valence-electron chi connectivity index (χ4n) is 3.83. The minimum Gasteiger partial charge on any atom is -0.383 e. The Balaban J connectivity index is 1.69. The predicted octanol–water partition coefficient (Wildman–Crippen LogP) is 1.20. The summed E-state index contributed by atoms with van der Waals surface area (Å²) in [6.07, 6.45) is 6.78. The lowest BCUT2D eigenvalue weighted by Crippen LogP contribution is -2.52. The van der Waals surface area contributed by atoms with Crippen LogP contribution in [0, 0.1) is 0 Å². The maximum Gasteiger partial charge on any atom is 0.234 e. The molecule has 1 aromatic rings. The molecule has 5 heteroatoms. The van der Waals surface area contributed by atoms with Gasteiger partial charge >= 0.3 is 0 Å². The minimum atomic E-state index is -0.860. The van der Waals surface area contributed by atoms with Crippen molar-refractivity contribution in [1.82, 2.24) is 15.2 Å². The van der Waals surface area contributed by atoms with Crippen LogP contribution in [-0.2, 0) is 10.4 Å². The van der Waals surface area contributed by atoms with Crippen LogP contribution in [-0.4, -0.2) is 46.1 Å². The maximum atomic E-state index is 11.9. The second kappa shape index (κ2) is 6.18. The standard InChI is InChI=1S/C17H23N3O2/c1-2-8-19-16(21)12-20-13-6-7-14(20)11-17(22,10-13)15-5-3-4-9-18-15/h2-5,9,13-14,22H,1,6-8,10-12H2,(H,19,21)/t13-,14+,17?. The molecule has 3 heterocycles. The lowest BCUT2D eigenvalue weighted by atomic mass is 9.83. The molecular formula is C17H23N3O2. The van der Waals surface area contributed by atoms with Gasteiger partial charge in [-0.15, -0.1) is 6.58 Å². The summed E-state index contributed by atoms with van der Waals surface area (Å²) in [5.74, 6) is 0.0278. The molecule has 1 unspecified atom stereocenters. The molecule has 3 atom stereocenters. The molecule has 0 aromatic carbocycles. The maximum absolute atomic E-state index is 11.9. The topological polar surface area (TPSA) is 65.5 Å². The van der Waals surface area contributed by atoms with Gasteiger partial charge in [-0.2, -0.15) is 0 Å². The normalized spacial score (nSPS) is 31.0. The van der Waals surface area contributed by atoms with E-state index in [1.807, 2.05) is 18.2 Å². The summed E-state index contributed by atoms with van der Waals surface area (Å²) in [6.45, 7) is 4.51. The van der Waals surface area contributed by atoms with Crippen LogP contribution in [0.4, 0.5) is 0 Å². The molecule has 2 saturated heterocycles. The summed E-state index contributed by atoms with van der Waals surface area (Å²) < 4.78 is 0. The second-order valence-corrected chi connectivity index (χ2v) is 6.30. The van der Waals surface area contributed by atoms with E-state index >= 15 is 0 Å². The molecule has 0 spiro atoms. The molecule has 118 valence electrons. The zero-order valence-electron chi connectivity index (χ0n) is 12.7. The van der Waals surface area contributed by atoms with Crippen molar-refractivity contribution in [3.63, 3.8) is 0 Å². The van der Waals surface area contributed by atoms with Gasteiger partial charge in [0.15, 0.2) is 0 Å². The highest BCUT2D eigenvalue weighted by Gasteiger charge is 2.49. The Kier molecular flexibility index (Phi) is 4.27. The highest BCUT2D eigenvalue weighted by Crippen LogP contribution is 2.44. The molecule has 3 rings (SSSR count). The number of fused-ring (bicyclic) bond motifs is 2. The lowest BCUT2D eigenvalue weighted by molar-refractivity contribution is -0.125. The summed E-state index contributed by atoms with van der Waals surface area (Å²) in [4.78, 5) is 18.5. The predicted molar refractivity (Wildman–Crippen MR) is 84.1 cm³/mol. The van der Waals surface area contributed by atoms with E-state index in [-0.39, 0.29) is 18.0 Å². The Morgan fingerprint density at radius 1 is 1.45 bits per heavy atom. The smallest absolute Gasteiger partial charge is 0.234 e. The molecule has 2 bridgehead atoms. The average Bonchev–Trinajstić information content (AvgIpc) is 2.77. The first-order chi connectivity index (χ1) is 10.6. The Hall–Kier alpha value is -1.72. The van der Waals surface area contributed by atoms with Crippen LogP contribution in [0.2, 0.25) is 0 Å². The fraction of sp³-hybridized carbons (Fsp3) is 0.529. The lowest BCUT2D eigenvalue weighted by Gasteiger charge is -2.43. The van der Waals surface area contributed by atoms with Gasteiger partial charge in [0.1, 0.15) is 5.60 Å². The van der Waals surface area contributed by atoms with Crippen LogP contribution in [0.3, 0.4) is 0 Å². The van der Waals surface area contributed by atoms with Gasteiger partial charge in [-0.05, 0) is 37.8 Å².